The monoisotopic (exact) mass is 318 g/mol. The number of aliphatic hydroxyl groups excluding tert-OH is 1. The molecule has 116 valence electrons. The number of nitrogens with zero attached hydrogens (tertiary/aromatic N) is 3. The lowest BCUT2D eigenvalue weighted by Gasteiger charge is -2.12. The lowest BCUT2D eigenvalue weighted by molar-refractivity contribution is 0.117. The van der Waals surface area contributed by atoms with Crippen LogP contribution in [-0.2, 0) is 0 Å². The second-order valence-corrected chi connectivity index (χ2v) is 6.13. The zero-order valence-corrected chi connectivity index (χ0v) is 13.3. The van der Waals surface area contributed by atoms with Gasteiger partial charge in [0.25, 0.3) is 0 Å². The van der Waals surface area contributed by atoms with Gasteiger partial charge >= 0.3 is 0 Å². The molecule has 1 aromatic carbocycles. The fourth-order valence-electron chi connectivity index (χ4n) is 2.04. The predicted molar refractivity (Wildman–Crippen MR) is 86.8 cm³/mol. The van der Waals surface area contributed by atoms with Gasteiger partial charge < -0.3 is 15.2 Å². The number of rotatable bonds is 6. The van der Waals surface area contributed by atoms with Crippen LogP contribution >= 0.6 is 11.3 Å². The number of aliphatic hydroxyl groups is 1. The van der Waals surface area contributed by atoms with Gasteiger partial charge in [-0.1, -0.05) is 23.5 Å². The highest BCUT2D eigenvalue weighted by molar-refractivity contribution is 7.20. The second kappa shape index (κ2) is 6.33. The van der Waals surface area contributed by atoms with Crippen molar-refractivity contribution in [1.29, 1.82) is 0 Å². The maximum Gasteiger partial charge on any atom is 0.214 e. The lowest BCUT2D eigenvalue weighted by Crippen LogP contribution is -2.26. The standard InChI is InChI=1S/C15H18N4O2S/c1-10-4-3-5-13(6-10)21-9-12(20)7-16-14-18-19-8-11(2)17-15(19)22-14/h3-6,8,12,20H,7,9H2,1-2H3,(H,16,18)/t12-/m0/s1. The Morgan fingerprint density at radius 2 is 2.27 bits per heavy atom. The van der Waals surface area contributed by atoms with E-state index in [2.05, 4.69) is 15.4 Å². The summed E-state index contributed by atoms with van der Waals surface area (Å²) in [4.78, 5) is 5.18. The molecule has 3 aromatic rings. The highest BCUT2D eigenvalue weighted by Gasteiger charge is 2.09. The molecule has 0 aliphatic rings. The van der Waals surface area contributed by atoms with Crippen molar-refractivity contribution >= 4 is 21.4 Å². The first-order valence-electron chi connectivity index (χ1n) is 7.04. The number of benzene rings is 1. The van der Waals surface area contributed by atoms with E-state index in [-0.39, 0.29) is 6.61 Å². The van der Waals surface area contributed by atoms with Gasteiger partial charge in [0, 0.05) is 6.54 Å². The van der Waals surface area contributed by atoms with E-state index in [4.69, 9.17) is 4.74 Å². The Labute approximate surface area is 132 Å². The molecule has 2 N–H and O–H groups in total. The van der Waals surface area contributed by atoms with Crippen molar-refractivity contribution in [1.82, 2.24) is 14.6 Å². The van der Waals surface area contributed by atoms with Crippen LogP contribution < -0.4 is 10.1 Å². The van der Waals surface area contributed by atoms with Crippen molar-refractivity contribution in [2.75, 3.05) is 18.5 Å². The molecular weight excluding hydrogens is 300 g/mol. The number of ether oxygens (including phenoxy) is 1. The number of imidazole rings is 1. The first-order chi connectivity index (χ1) is 10.6. The molecule has 0 radical (unpaired) electrons. The summed E-state index contributed by atoms with van der Waals surface area (Å²) in [6, 6.07) is 7.76. The van der Waals surface area contributed by atoms with Crippen LogP contribution in [0.15, 0.2) is 30.5 Å². The summed E-state index contributed by atoms with van der Waals surface area (Å²) in [5, 5.41) is 18.2. The number of fused-ring (bicyclic) bond motifs is 1. The van der Waals surface area contributed by atoms with E-state index in [1.807, 2.05) is 44.3 Å². The molecule has 0 bridgehead atoms. The van der Waals surface area contributed by atoms with Crippen molar-refractivity contribution in [2.24, 2.45) is 0 Å². The highest BCUT2D eigenvalue weighted by atomic mass is 32.1. The summed E-state index contributed by atoms with van der Waals surface area (Å²) in [6.45, 7) is 4.55. The Bertz CT molecular complexity index is 736. The topological polar surface area (TPSA) is 71.7 Å². The second-order valence-electron chi connectivity index (χ2n) is 5.18. The zero-order chi connectivity index (χ0) is 15.5. The molecule has 0 saturated heterocycles. The molecule has 22 heavy (non-hydrogen) atoms. The van der Waals surface area contributed by atoms with E-state index >= 15 is 0 Å². The Morgan fingerprint density at radius 3 is 3.05 bits per heavy atom. The molecule has 0 saturated carbocycles. The van der Waals surface area contributed by atoms with Crippen LogP contribution in [0.25, 0.3) is 4.96 Å². The fourth-order valence-corrected chi connectivity index (χ4v) is 2.88. The largest absolute Gasteiger partial charge is 0.491 e. The first kappa shape index (κ1) is 14.8. The van der Waals surface area contributed by atoms with Crippen LogP contribution in [0.4, 0.5) is 5.13 Å². The van der Waals surface area contributed by atoms with Gasteiger partial charge in [-0.2, -0.15) is 0 Å². The van der Waals surface area contributed by atoms with Gasteiger partial charge in [-0.25, -0.2) is 9.50 Å². The number of anilines is 1. The van der Waals surface area contributed by atoms with E-state index in [1.165, 1.54) is 11.3 Å². The molecule has 0 unspecified atom stereocenters. The number of nitrogens with one attached hydrogen (secondary N) is 1. The minimum Gasteiger partial charge on any atom is -0.491 e. The fraction of sp³-hybridized carbons (Fsp3) is 0.333. The summed E-state index contributed by atoms with van der Waals surface area (Å²) in [5.41, 5.74) is 2.07. The van der Waals surface area contributed by atoms with E-state index < -0.39 is 6.10 Å². The van der Waals surface area contributed by atoms with E-state index in [0.29, 0.717) is 6.54 Å². The van der Waals surface area contributed by atoms with Gasteiger partial charge in [-0.3, -0.25) is 0 Å². The number of hydrogen-bond donors (Lipinski definition) is 2. The van der Waals surface area contributed by atoms with Gasteiger partial charge in [0.1, 0.15) is 18.5 Å². The van der Waals surface area contributed by atoms with Crippen LogP contribution in [0.3, 0.4) is 0 Å². The van der Waals surface area contributed by atoms with Crippen molar-refractivity contribution < 1.29 is 9.84 Å². The number of hydrogen-bond acceptors (Lipinski definition) is 6. The van der Waals surface area contributed by atoms with Crippen LogP contribution in [0.1, 0.15) is 11.3 Å². The van der Waals surface area contributed by atoms with Gasteiger partial charge in [-0.15, -0.1) is 5.10 Å². The van der Waals surface area contributed by atoms with Gasteiger partial charge in [0.05, 0.1) is 11.9 Å². The molecular formula is C15H18N4O2S. The van der Waals surface area contributed by atoms with E-state index in [0.717, 1.165) is 27.1 Å². The summed E-state index contributed by atoms with van der Waals surface area (Å²) in [5.74, 6) is 0.766. The lowest BCUT2D eigenvalue weighted by atomic mass is 10.2. The molecule has 0 aliphatic carbocycles. The van der Waals surface area contributed by atoms with Crippen LogP contribution in [0, 0.1) is 13.8 Å². The third-order valence-corrected chi connectivity index (χ3v) is 3.96. The Balaban J connectivity index is 1.49. The molecule has 3 rings (SSSR count). The predicted octanol–water partition coefficient (Wildman–Crippen LogP) is 2.26. The van der Waals surface area contributed by atoms with Gasteiger partial charge in [0.15, 0.2) is 0 Å². The molecule has 2 aromatic heterocycles. The van der Waals surface area contributed by atoms with E-state index in [1.54, 1.807) is 4.52 Å². The average Bonchev–Trinajstić information content (AvgIpc) is 3.00. The van der Waals surface area contributed by atoms with Crippen LogP contribution in [-0.4, -0.2) is 39.0 Å². The summed E-state index contributed by atoms with van der Waals surface area (Å²) >= 11 is 1.45. The van der Waals surface area contributed by atoms with Gasteiger partial charge in [-0.05, 0) is 31.5 Å². The number of aryl methyl sites for hydroxylation is 2. The van der Waals surface area contributed by atoms with Gasteiger partial charge in [0.2, 0.25) is 10.1 Å². The summed E-state index contributed by atoms with van der Waals surface area (Å²) in [6.07, 6.45) is 1.26. The average molecular weight is 318 g/mol. The SMILES string of the molecule is Cc1cccc(OC[C@@H](O)CNc2nn3cc(C)nc3s2)c1. The molecule has 0 spiro atoms. The normalized spacial score (nSPS) is 12.5. The van der Waals surface area contributed by atoms with Crippen molar-refractivity contribution in [2.45, 2.75) is 20.0 Å². The smallest absolute Gasteiger partial charge is 0.214 e. The molecule has 2 heterocycles. The molecule has 7 heteroatoms. The van der Waals surface area contributed by atoms with Crippen molar-refractivity contribution in [3.05, 3.63) is 41.7 Å². The zero-order valence-electron chi connectivity index (χ0n) is 12.5. The molecule has 0 aliphatic heterocycles. The maximum absolute atomic E-state index is 9.98. The summed E-state index contributed by atoms with van der Waals surface area (Å²) in [7, 11) is 0. The Hall–Kier alpha value is -2.12. The highest BCUT2D eigenvalue weighted by Crippen LogP contribution is 2.19. The quantitative estimate of drug-likeness (QED) is 0.729. The van der Waals surface area contributed by atoms with Crippen molar-refractivity contribution in [3.63, 3.8) is 0 Å². The minimum absolute atomic E-state index is 0.234. The van der Waals surface area contributed by atoms with Crippen molar-refractivity contribution in [3.8, 4) is 5.75 Å². The Morgan fingerprint density at radius 1 is 1.41 bits per heavy atom. The third kappa shape index (κ3) is 3.55. The van der Waals surface area contributed by atoms with E-state index in [9.17, 15) is 5.11 Å². The Kier molecular flexibility index (Phi) is 4.26. The molecule has 0 fully saturated rings. The summed E-state index contributed by atoms with van der Waals surface area (Å²) < 4.78 is 7.31. The molecule has 1 atom stereocenters. The van der Waals surface area contributed by atoms with Crippen LogP contribution in [0.2, 0.25) is 0 Å². The number of aromatic nitrogens is 3. The minimum atomic E-state index is -0.613. The molecule has 0 amide bonds. The third-order valence-electron chi connectivity index (χ3n) is 3.08. The first-order valence-corrected chi connectivity index (χ1v) is 7.86. The molecule has 6 nitrogen and oxygen atoms in total. The maximum atomic E-state index is 9.98. The van der Waals surface area contributed by atoms with Crippen LogP contribution in [0.5, 0.6) is 5.75 Å².